The zero-order valence-electron chi connectivity index (χ0n) is 13.2. The lowest BCUT2D eigenvalue weighted by atomic mass is 9.91. The number of carbonyl (C=O) groups is 4. The molecule has 1 aromatic rings. The van der Waals surface area contributed by atoms with Crippen LogP contribution in [0.25, 0.3) is 0 Å². The fourth-order valence-electron chi connectivity index (χ4n) is 2.04. The van der Waals surface area contributed by atoms with Crippen LogP contribution in [-0.2, 0) is 23.7 Å². The van der Waals surface area contributed by atoms with E-state index in [4.69, 9.17) is 26.0 Å². The normalized spacial score (nSPS) is 16.2. The number of halogens is 2. The number of carbonyl (C=O) groups excluding carboxylic acids is 3. The zero-order valence-corrected chi connectivity index (χ0v) is 13.9. The summed E-state index contributed by atoms with van der Waals surface area (Å²) in [6, 6.07) is 3.43. The molecule has 1 aliphatic heterocycles. The molecule has 12 heteroatoms. The van der Waals surface area contributed by atoms with Gasteiger partial charge in [0.05, 0.1) is 25.0 Å². The highest BCUT2D eigenvalue weighted by atomic mass is 35.5. The van der Waals surface area contributed by atoms with Gasteiger partial charge in [-0.15, -0.1) is 0 Å². The monoisotopic (exact) mass is 386 g/mol. The Morgan fingerprint density at radius 3 is 2.73 bits per heavy atom. The van der Waals surface area contributed by atoms with E-state index >= 15 is 0 Å². The maximum atomic E-state index is 13.5. The Morgan fingerprint density at radius 2 is 2.04 bits per heavy atom. The molecule has 1 saturated heterocycles. The molecule has 138 valence electrons. The van der Waals surface area contributed by atoms with Gasteiger partial charge in [0.2, 0.25) is 5.91 Å². The molecule has 0 bridgehead atoms. The van der Waals surface area contributed by atoms with Crippen molar-refractivity contribution in [3.05, 3.63) is 34.6 Å². The molecule has 2 amide bonds. The first-order chi connectivity index (χ1) is 12.3. The van der Waals surface area contributed by atoms with Crippen LogP contribution < -0.4 is 10.6 Å². The summed E-state index contributed by atoms with van der Waals surface area (Å²) in [7, 11) is -1.13. The third-order valence-corrected chi connectivity index (χ3v) is 3.47. The van der Waals surface area contributed by atoms with E-state index in [0.717, 1.165) is 12.1 Å². The third-order valence-electron chi connectivity index (χ3n) is 3.23. The minimum atomic E-state index is -1.24. The lowest BCUT2D eigenvalue weighted by Gasteiger charge is -2.08. The second-order valence-corrected chi connectivity index (χ2v) is 5.64. The number of carboxylic acids is 1. The number of carboxylic acid groups (broad SMARTS) is 1. The average molecular weight is 387 g/mol. The van der Waals surface area contributed by atoms with Crippen molar-refractivity contribution >= 4 is 42.5 Å². The fraction of sp³-hybridized carbons (Fsp3) is 0.286. The van der Waals surface area contributed by atoms with Crippen LogP contribution >= 0.6 is 11.6 Å². The average Bonchev–Trinajstić information content (AvgIpc) is 2.92. The predicted octanol–water partition coefficient (Wildman–Crippen LogP) is -0.231. The molecule has 1 atom stereocenters. The van der Waals surface area contributed by atoms with Crippen molar-refractivity contribution in [1.82, 2.24) is 10.6 Å². The fourth-order valence-corrected chi connectivity index (χ4v) is 2.21. The van der Waals surface area contributed by atoms with Gasteiger partial charge in [0.15, 0.2) is 6.10 Å². The Bertz CT molecular complexity index is 748. The highest BCUT2D eigenvalue weighted by molar-refractivity contribution is 6.49. The van der Waals surface area contributed by atoms with Gasteiger partial charge in [0.1, 0.15) is 5.82 Å². The van der Waals surface area contributed by atoms with Crippen LogP contribution in [0.3, 0.4) is 0 Å². The summed E-state index contributed by atoms with van der Waals surface area (Å²) in [6.45, 7) is -0.468. The van der Waals surface area contributed by atoms with Crippen LogP contribution in [0.5, 0.6) is 0 Å². The Morgan fingerprint density at radius 1 is 1.31 bits per heavy atom. The number of nitrogens with one attached hydrogen (secondary N) is 2. The van der Waals surface area contributed by atoms with Crippen LogP contribution in [0.1, 0.15) is 16.8 Å². The molecule has 0 aromatic heterocycles. The summed E-state index contributed by atoms with van der Waals surface area (Å²) < 4.78 is 23.3. The van der Waals surface area contributed by atoms with Gasteiger partial charge in [-0.1, -0.05) is 11.6 Å². The van der Waals surface area contributed by atoms with Crippen molar-refractivity contribution in [2.75, 3.05) is 13.0 Å². The van der Waals surface area contributed by atoms with E-state index in [-0.39, 0.29) is 17.0 Å². The highest BCUT2D eigenvalue weighted by Gasteiger charge is 2.41. The van der Waals surface area contributed by atoms with E-state index in [1.165, 1.54) is 6.07 Å². The van der Waals surface area contributed by atoms with Gasteiger partial charge in [0, 0.05) is 5.02 Å². The standard InChI is InChI=1S/C14H13BClFN2O7/c16-7-1-2-9(17)8(3-7)13(23)18-5-11(20)19-6-15-25-10(4-12(21)22)14(24)26-15/h1-3,10H,4-6H2,(H,18,23)(H,19,20)(H,21,22)/t10-/m1/s1. The van der Waals surface area contributed by atoms with E-state index < -0.39 is 55.8 Å². The van der Waals surface area contributed by atoms with Gasteiger partial charge in [-0.05, 0) is 18.2 Å². The second kappa shape index (κ2) is 8.63. The molecule has 26 heavy (non-hydrogen) atoms. The SMILES string of the molecule is O=C(O)C[C@H]1OB(CNC(=O)CNC(=O)c2cc(Cl)ccc2F)OC1=O. The molecular weight excluding hydrogens is 373 g/mol. The van der Waals surface area contributed by atoms with Gasteiger partial charge in [-0.25, -0.2) is 4.39 Å². The molecule has 2 rings (SSSR count). The van der Waals surface area contributed by atoms with Gasteiger partial charge in [0.25, 0.3) is 5.91 Å². The Balaban J connectivity index is 1.76. The first-order valence-corrected chi connectivity index (χ1v) is 7.71. The van der Waals surface area contributed by atoms with Gasteiger partial charge >= 0.3 is 19.1 Å². The summed E-state index contributed by atoms with van der Waals surface area (Å²) >= 11 is 5.68. The second-order valence-electron chi connectivity index (χ2n) is 5.20. The number of hydrogen-bond acceptors (Lipinski definition) is 6. The minimum absolute atomic E-state index is 0.164. The van der Waals surface area contributed by atoms with Crippen LogP contribution in [0, 0.1) is 5.82 Å². The first-order valence-electron chi connectivity index (χ1n) is 7.34. The summed E-state index contributed by atoms with van der Waals surface area (Å²) in [5, 5.41) is 13.3. The molecule has 9 nitrogen and oxygen atoms in total. The largest absolute Gasteiger partial charge is 0.548 e. The molecule has 1 heterocycles. The number of rotatable bonds is 7. The van der Waals surface area contributed by atoms with Crippen molar-refractivity contribution in [3.63, 3.8) is 0 Å². The van der Waals surface area contributed by atoms with Gasteiger partial charge in [-0.2, -0.15) is 0 Å². The molecule has 1 aromatic carbocycles. The molecule has 0 radical (unpaired) electrons. The molecular formula is C14H13BClFN2O7. The highest BCUT2D eigenvalue weighted by Crippen LogP contribution is 2.15. The summed E-state index contributed by atoms with van der Waals surface area (Å²) in [5.41, 5.74) is -0.310. The zero-order chi connectivity index (χ0) is 19.3. The van der Waals surface area contributed by atoms with Crippen LogP contribution in [0.2, 0.25) is 5.02 Å². The molecule has 0 aliphatic carbocycles. The number of aliphatic carboxylic acids is 1. The van der Waals surface area contributed by atoms with Crippen molar-refractivity contribution in [2.45, 2.75) is 12.5 Å². The van der Waals surface area contributed by atoms with Crippen molar-refractivity contribution in [1.29, 1.82) is 0 Å². The van der Waals surface area contributed by atoms with E-state index in [0.29, 0.717) is 0 Å². The summed E-state index contributed by atoms with van der Waals surface area (Å²) in [5.74, 6) is -4.33. The summed E-state index contributed by atoms with van der Waals surface area (Å²) in [6.07, 6.45) is -2.02. The molecule has 0 spiro atoms. The Kier molecular flexibility index (Phi) is 6.53. The van der Waals surface area contributed by atoms with Gasteiger partial charge in [-0.3, -0.25) is 19.2 Å². The maximum Gasteiger partial charge on any atom is 0.548 e. The molecule has 1 aliphatic rings. The molecule has 0 unspecified atom stereocenters. The molecule has 3 N–H and O–H groups in total. The predicted molar refractivity (Wildman–Crippen MR) is 85.7 cm³/mol. The van der Waals surface area contributed by atoms with E-state index in [2.05, 4.69) is 10.6 Å². The number of benzene rings is 1. The minimum Gasteiger partial charge on any atom is -0.506 e. The maximum absolute atomic E-state index is 13.5. The Labute approximate surface area is 151 Å². The van der Waals surface area contributed by atoms with E-state index in [1.807, 2.05) is 0 Å². The van der Waals surface area contributed by atoms with Crippen LogP contribution in [-0.4, -0.2) is 55.1 Å². The van der Waals surface area contributed by atoms with E-state index in [1.54, 1.807) is 0 Å². The smallest absolute Gasteiger partial charge is 0.506 e. The first kappa shape index (κ1) is 19.7. The lowest BCUT2D eigenvalue weighted by molar-refractivity contribution is -0.145. The number of hydrogen-bond donors (Lipinski definition) is 3. The molecule has 0 saturated carbocycles. The van der Waals surface area contributed by atoms with Crippen LogP contribution in [0.4, 0.5) is 4.39 Å². The van der Waals surface area contributed by atoms with Crippen molar-refractivity contribution in [2.24, 2.45) is 0 Å². The topological polar surface area (TPSA) is 131 Å². The number of amides is 2. The van der Waals surface area contributed by atoms with Crippen LogP contribution in [0.15, 0.2) is 18.2 Å². The molecule has 1 fully saturated rings. The quantitative estimate of drug-likeness (QED) is 0.552. The van der Waals surface area contributed by atoms with Gasteiger partial charge < -0.3 is 25.0 Å². The lowest BCUT2D eigenvalue weighted by Crippen LogP contribution is -2.42. The summed E-state index contributed by atoms with van der Waals surface area (Å²) in [4.78, 5) is 45.4. The van der Waals surface area contributed by atoms with Crippen molar-refractivity contribution in [3.8, 4) is 0 Å². The third kappa shape index (κ3) is 5.43. The van der Waals surface area contributed by atoms with Crippen molar-refractivity contribution < 1.29 is 38.0 Å². The van der Waals surface area contributed by atoms with E-state index in [9.17, 15) is 23.6 Å². The Hall–Kier alpha value is -2.66.